The number of hydrogen-bond donors (Lipinski definition) is 2. The monoisotopic (exact) mass is 332 g/mol. The van der Waals surface area contributed by atoms with Crippen molar-refractivity contribution in [3.63, 3.8) is 0 Å². The molecule has 0 aromatic carbocycles. The van der Waals surface area contributed by atoms with Crippen molar-refractivity contribution < 1.29 is 14.0 Å². The topological polar surface area (TPSA) is 79.5 Å². The van der Waals surface area contributed by atoms with Crippen LogP contribution >= 0.6 is 0 Å². The zero-order valence-electron chi connectivity index (χ0n) is 14.0. The highest BCUT2D eigenvalue weighted by molar-refractivity contribution is 5.99. The molecule has 3 rings (SSSR count). The summed E-state index contributed by atoms with van der Waals surface area (Å²) in [6.45, 7) is 3.69. The molecule has 7 heteroatoms. The molecule has 0 unspecified atom stereocenters. The normalized spacial score (nSPS) is 15.5. The molecule has 1 aliphatic heterocycles. The quantitative estimate of drug-likeness (QED) is 0.830. The van der Waals surface area contributed by atoms with Crippen molar-refractivity contribution in [2.24, 2.45) is 7.05 Å². The maximum Gasteiger partial charge on any atom is 0.268 e. The lowest BCUT2D eigenvalue weighted by Gasteiger charge is -2.26. The summed E-state index contributed by atoms with van der Waals surface area (Å²) in [5.74, 6) is -0.451. The van der Waals surface area contributed by atoms with Crippen LogP contribution in [0.2, 0.25) is 0 Å². The summed E-state index contributed by atoms with van der Waals surface area (Å²) in [4.78, 5) is 26.4. The van der Waals surface area contributed by atoms with Gasteiger partial charge in [0.05, 0.1) is 18.3 Å². The predicted molar refractivity (Wildman–Crippen MR) is 90.8 cm³/mol. The molecule has 2 amide bonds. The summed E-state index contributed by atoms with van der Waals surface area (Å²) in [7, 11) is 1.80. The molecule has 1 aliphatic rings. The van der Waals surface area contributed by atoms with E-state index in [1.807, 2.05) is 0 Å². The first-order valence-corrected chi connectivity index (χ1v) is 8.45. The molecule has 24 heavy (non-hydrogen) atoms. The number of amides is 2. The minimum atomic E-state index is -0.282. The number of piperidine rings is 1. The summed E-state index contributed by atoms with van der Waals surface area (Å²) in [5, 5.41) is 5.50. The molecule has 3 heterocycles. The second-order valence-corrected chi connectivity index (χ2v) is 6.19. The van der Waals surface area contributed by atoms with Crippen LogP contribution in [0.15, 0.2) is 22.8 Å². The van der Waals surface area contributed by atoms with Crippen LogP contribution in [0.5, 0.6) is 0 Å². The van der Waals surface area contributed by atoms with Crippen LogP contribution in [0.25, 0.3) is 11.1 Å². The first-order chi connectivity index (χ1) is 11.6. The smallest absolute Gasteiger partial charge is 0.268 e. The molecule has 1 saturated heterocycles. The van der Waals surface area contributed by atoms with Crippen molar-refractivity contribution in [1.29, 1.82) is 0 Å². The Bertz CT molecular complexity index is 713. The lowest BCUT2D eigenvalue weighted by Crippen LogP contribution is -2.41. The Balaban J connectivity index is 1.41. The Hall–Kier alpha value is -2.28. The fraction of sp³-hybridized carbons (Fsp3) is 0.529. The highest BCUT2D eigenvalue weighted by Crippen LogP contribution is 2.19. The van der Waals surface area contributed by atoms with Gasteiger partial charge in [-0.15, -0.1) is 0 Å². The summed E-state index contributed by atoms with van der Waals surface area (Å²) < 4.78 is 7.03. The summed E-state index contributed by atoms with van der Waals surface area (Å²) in [6, 6.07) is 3.48. The number of fused-ring (bicyclic) bond motifs is 1. The molecule has 0 spiro atoms. The maximum atomic E-state index is 12.2. The third kappa shape index (κ3) is 3.79. The summed E-state index contributed by atoms with van der Waals surface area (Å²) in [5.41, 5.74) is 1.99. The Morgan fingerprint density at radius 3 is 2.75 bits per heavy atom. The van der Waals surface area contributed by atoms with Crippen molar-refractivity contribution in [3.05, 3.63) is 24.1 Å². The fourth-order valence-electron chi connectivity index (χ4n) is 3.12. The van der Waals surface area contributed by atoms with Gasteiger partial charge >= 0.3 is 0 Å². The van der Waals surface area contributed by atoms with E-state index in [1.54, 1.807) is 30.0 Å². The second kappa shape index (κ2) is 7.53. The molecule has 7 nitrogen and oxygen atoms in total. The Labute approximate surface area is 141 Å². The highest BCUT2D eigenvalue weighted by Gasteiger charge is 2.16. The van der Waals surface area contributed by atoms with Crippen LogP contribution in [-0.4, -0.2) is 54.0 Å². The lowest BCUT2D eigenvalue weighted by atomic mass is 10.1. The van der Waals surface area contributed by atoms with Gasteiger partial charge in [0, 0.05) is 32.3 Å². The minimum absolute atomic E-state index is 0.0224. The minimum Gasteiger partial charge on any atom is -0.463 e. The molecule has 0 bridgehead atoms. The van der Waals surface area contributed by atoms with Crippen LogP contribution in [0.1, 0.15) is 29.8 Å². The Kier molecular flexibility index (Phi) is 5.20. The van der Waals surface area contributed by atoms with E-state index in [9.17, 15) is 9.59 Å². The third-order valence-electron chi connectivity index (χ3n) is 4.50. The van der Waals surface area contributed by atoms with E-state index in [2.05, 4.69) is 15.5 Å². The van der Waals surface area contributed by atoms with Gasteiger partial charge in [0.2, 0.25) is 5.91 Å². The van der Waals surface area contributed by atoms with Crippen LogP contribution in [0, 0.1) is 0 Å². The second-order valence-electron chi connectivity index (χ2n) is 6.19. The first kappa shape index (κ1) is 16.6. The molecule has 0 atom stereocenters. The van der Waals surface area contributed by atoms with Gasteiger partial charge in [0.15, 0.2) is 5.58 Å². The number of likely N-dealkylation sites (tertiary alicyclic amines) is 1. The number of carbonyl (C=O) groups is 2. The zero-order chi connectivity index (χ0) is 16.9. The van der Waals surface area contributed by atoms with Crippen molar-refractivity contribution in [2.45, 2.75) is 19.3 Å². The van der Waals surface area contributed by atoms with Crippen LogP contribution < -0.4 is 10.6 Å². The van der Waals surface area contributed by atoms with E-state index in [0.29, 0.717) is 17.8 Å². The van der Waals surface area contributed by atoms with Gasteiger partial charge in [0.1, 0.15) is 5.69 Å². The van der Waals surface area contributed by atoms with E-state index < -0.39 is 0 Å². The lowest BCUT2D eigenvalue weighted by molar-refractivity contribution is -0.120. The highest BCUT2D eigenvalue weighted by atomic mass is 16.3. The molecule has 0 radical (unpaired) electrons. The number of furan rings is 1. The van der Waals surface area contributed by atoms with E-state index in [-0.39, 0.29) is 18.4 Å². The van der Waals surface area contributed by atoms with Crippen LogP contribution in [0.3, 0.4) is 0 Å². The molecule has 2 aromatic heterocycles. The number of aromatic nitrogens is 1. The largest absolute Gasteiger partial charge is 0.463 e. The Morgan fingerprint density at radius 1 is 1.21 bits per heavy atom. The number of aryl methyl sites for hydroxylation is 1. The number of rotatable bonds is 6. The number of carbonyl (C=O) groups excluding carboxylic acids is 2. The van der Waals surface area contributed by atoms with E-state index in [0.717, 1.165) is 25.2 Å². The van der Waals surface area contributed by atoms with Crippen molar-refractivity contribution in [2.75, 3.05) is 32.7 Å². The Morgan fingerprint density at radius 2 is 2.00 bits per heavy atom. The van der Waals surface area contributed by atoms with Crippen molar-refractivity contribution in [1.82, 2.24) is 20.1 Å². The van der Waals surface area contributed by atoms with Gasteiger partial charge in [-0.25, -0.2) is 0 Å². The SMILES string of the molecule is Cn1c(C(=O)NCC(=O)NCCN2CCCCC2)cc2occc21. The van der Waals surface area contributed by atoms with Gasteiger partial charge in [0.25, 0.3) is 5.91 Å². The molecule has 0 saturated carbocycles. The maximum absolute atomic E-state index is 12.2. The van der Waals surface area contributed by atoms with E-state index in [1.165, 1.54) is 19.3 Å². The standard InChI is InChI=1S/C17H24N4O3/c1-20-13-5-10-24-15(13)11-14(20)17(23)19-12-16(22)18-6-9-21-7-3-2-4-8-21/h5,10-11H,2-4,6-9,12H2,1H3,(H,18,22)(H,19,23). The van der Waals surface area contributed by atoms with Crippen LogP contribution in [0.4, 0.5) is 0 Å². The van der Waals surface area contributed by atoms with Gasteiger partial charge in [-0.2, -0.15) is 0 Å². The molecule has 1 fully saturated rings. The molecule has 2 N–H and O–H groups in total. The van der Waals surface area contributed by atoms with Gasteiger partial charge < -0.3 is 24.5 Å². The van der Waals surface area contributed by atoms with E-state index >= 15 is 0 Å². The average molecular weight is 332 g/mol. The third-order valence-corrected chi connectivity index (χ3v) is 4.50. The number of hydrogen-bond acceptors (Lipinski definition) is 4. The molecular formula is C17H24N4O3. The zero-order valence-corrected chi connectivity index (χ0v) is 14.0. The molecule has 2 aromatic rings. The van der Waals surface area contributed by atoms with Crippen molar-refractivity contribution in [3.8, 4) is 0 Å². The summed E-state index contributed by atoms with van der Waals surface area (Å²) in [6.07, 6.45) is 5.37. The van der Waals surface area contributed by atoms with Crippen molar-refractivity contribution >= 4 is 22.9 Å². The average Bonchev–Trinajstić information content (AvgIpc) is 3.17. The van der Waals surface area contributed by atoms with Crippen LogP contribution in [-0.2, 0) is 11.8 Å². The number of nitrogens with one attached hydrogen (secondary N) is 2. The molecule has 0 aliphatic carbocycles. The van der Waals surface area contributed by atoms with E-state index in [4.69, 9.17) is 4.42 Å². The van der Waals surface area contributed by atoms with Gasteiger partial charge in [-0.05, 0) is 25.9 Å². The fourth-order valence-corrected chi connectivity index (χ4v) is 3.12. The number of nitrogens with zero attached hydrogens (tertiary/aromatic N) is 2. The first-order valence-electron chi connectivity index (χ1n) is 8.45. The van der Waals surface area contributed by atoms with Gasteiger partial charge in [-0.3, -0.25) is 9.59 Å². The molecular weight excluding hydrogens is 308 g/mol. The summed E-state index contributed by atoms with van der Waals surface area (Å²) >= 11 is 0. The molecule has 130 valence electrons. The predicted octanol–water partition coefficient (Wildman–Crippen LogP) is 1.10. The van der Waals surface area contributed by atoms with Gasteiger partial charge in [-0.1, -0.05) is 6.42 Å².